The lowest BCUT2D eigenvalue weighted by Crippen LogP contribution is -2.07. The van der Waals surface area contributed by atoms with Gasteiger partial charge in [0.2, 0.25) is 0 Å². The highest BCUT2D eigenvalue weighted by molar-refractivity contribution is 5.69. The number of ether oxygens (including phenoxy) is 3. The number of carbonyl (C=O) groups is 1. The minimum absolute atomic E-state index is 0.231. The van der Waals surface area contributed by atoms with E-state index in [0.717, 1.165) is 0 Å². The van der Waals surface area contributed by atoms with Crippen molar-refractivity contribution in [3.63, 3.8) is 0 Å². The highest BCUT2D eigenvalue weighted by Gasteiger charge is 2.04. The van der Waals surface area contributed by atoms with Gasteiger partial charge in [0.1, 0.15) is 0 Å². The van der Waals surface area contributed by atoms with Crippen LogP contribution < -0.4 is 9.47 Å². The van der Waals surface area contributed by atoms with Crippen LogP contribution in [-0.4, -0.2) is 26.8 Å². The van der Waals surface area contributed by atoms with Crippen LogP contribution >= 0.6 is 0 Å². The molecule has 0 unspecified atom stereocenters. The van der Waals surface area contributed by atoms with E-state index in [1.54, 1.807) is 19.2 Å². The number of hydrogen-bond acceptors (Lipinski definition) is 4. The van der Waals surface area contributed by atoms with E-state index in [1.165, 1.54) is 7.11 Å². The molecule has 0 fully saturated rings. The summed E-state index contributed by atoms with van der Waals surface area (Å²) in [6.45, 7) is 0.285. The van der Waals surface area contributed by atoms with Gasteiger partial charge in [-0.05, 0) is 12.1 Å². The molecule has 0 heterocycles. The summed E-state index contributed by atoms with van der Waals surface area (Å²) >= 11 is 0. The fourth-order valence-electron chi connectivity index (χ4n) is 1.08. The number of hydrogen-bond donors (Lipinski definition) is 0. The summed E-state index contributed by atoms with van der Waals surface area (Å²) in [7, 11) is 2.92. The Hall–Kier alpha value is -1.71. The van der Waals surface area contributed by atoms with Crippen molar-refractivity contribution < 1.29 is 19.0 Å². The fourth-order valence-corrected chi connectivity index (χ4v) is 1.08. The van der Waals surface area contributed by atoms with Crippen molar-refractivity contribution in [1.82, 2.24) is 0 Å². The largest absolute Gasteiger partial charge is 0.493 e. The second-order valence-corrected chi connectivity index (χ2v) is 2.83. The molecule has 1 aromatic rings. The lowest BCUT2D eigenvalue weighted by atomic mass is 10.3. The van der Waals surface area contributed by atoms with E-state index in [0.29, 0.717) is 11.5 Å². The third kappa shape index (κ3) is 3.50. The third-order valence-corrected chi connectivity index (χ3v) is 1.86. The first-order valence-electron chi connectivity index (χ1n) is 4.60. The van der Waals surface area contributed by atoms with Gasteiger partial charge in [-0.3, -0.25) is 4.79 Å². The van der Waals surface area contributed by atoms with Crippen LogP contribution in [0.5, 0.6) is 11.5 Å². The maximum absolute atomic E-state index is 10.8. The standard InChI is InChI=1S/C11H14O4/c1-13-9-5-3-4-6-10(9)15-8-7-11(12)14-2/h3-6H,7-8H2,1-2H3. The zero-order chi connectivity index (χ0) is 11.1. The summed E-state index contributed by atoms with van der Waals surface area (Å²) < 4.78 is 15.0. The summed E-state index contributed by atoms with van der Waals surface area (Å²) in [5, 5.41) is 0. The first kappa shape index (κ1) is 11.4. The molecule has 82 valence electrons. The van der Waals surface area contributed by atoms with Gasteiger partial charge in [0, 0.05) is 0 Å². The molecule has 0 saturated carbocycles. The fraction of sp³-hybridized carbons (Fsp3) is 0.364. The van der Waals surface area contributed by atoms with Gasteiger partial charge in [0.15, 0.2) is 11.5 Å². The maximum Gasteiger partial charge on any atom is 0.308 e. The molecule has 0 radical (unpaired) electrons. The van der Waals surface area contributed by atoms with Gasteiger partial charge >= 0.3 is 5.97 Å². The Morgan fingerprint density at radius 3 is 2.47 bits per heavy atom. The number of rotatable bonds is 5. The molecule has 0 N–H and O–H groups in total. The molecule has 4 nitrogen and oxygen atoms in total. The lowest BCUT2D eigenvalue weighted by molar-refractivity contribution is -0.141. The van der Waals surface area contributed by atoms with E-state index in [1.807, 2.05) is 12.1 Å². The molecular formula is C11H14O4. The normalized spacial score (nSPS) is 9.47. The van der Waals surface area contributed by atoms with Crippen LogP contribution in [0.4, 0.5) is 0 Å². The number of benzene rings is 1. The monoisotopic (exact) mass is 210 g/mol. The molecule has 0 aliphatic carbocycles. The summed E-state index contributed by atoms with van der Waals surface area (Å²) in [5.41, 5.74) is 0. The number of esters is 1. The van der Waals surface area contributed by atoms with Gasteiger partial charge in [-0.2, -0.15) is 0 Å². The zero-order valence-electron chi connectivity index (χ0n) is 8.86. The third-order valence-electron chi connectivity index (χ3n) is 1.86. The van der Waals surface area contributed by atoms with Crippen molar-refractivity contribution in [2.45, 2.75) is 6.42 Å². The lowest BCUT2D eigenvalue weighted by Gasteiger charge is -2.09. The summed E-state index contributed by atoms with van der Waals surface area (Å²) in [5.74, 6) is 0.996. The molecule has 0 atom stereocenters. The van der Waals surface area contributed by atoms with Crippen LogP contribution in [0.3, 0.4) is 0 Å². The molecule has 0 spiro atoms. The average molecular weight is 210 g/mol. The predicted molar refractivity (Wildman–Crippen MR) is 55.1 cm³/mol. The molecule has 0 aliphatic heterocycles. The highest BCUT2D eigenvalue weighted by atomic mass is 16.5. The van der Waals surface area contributed by atoms with Crippen molar-refractivity contribution >= 4 is 5.97 Å². The first-order valence-corrected chi connectivity index (χ1v) is 4.60. The van der Waals surface area contributed by atoms with Crippen LogP contribution in [0.15, 0.2) is 24.3 Å². The summed E-state index contributed by atoms with van der Waals surface area (Å²) in [4.78, 5) is 10.8. The topological polar surface area (TPSA) is 44.8 Å². The van der Waals surface area contributed by atoms with Gasteiger partial charge in [-0.25, -0.2) is 0 Å². The van der Waals surface area contributed by atoms with Crippen LogP contribution in [0.2, 0.25) is 0 Å². The van der Waals surface area contributed by atoms with Gasteiger partial charge in [0.05, 0.1) is 27.2 Å². The molecule has 0 amide bonds. The molecule has 0 aromatic heterocycles. The number of para-hydroxylation sites is 2. The van der Waals surface area contributed by atoms with Crippen molar-refractivity contribution in [3.8, 4) is 11.5 Å². The van der Waals surface area contributed by atoms with Crippen LogP contribution in [-0.2, 0) is 9.53 Å². The second kappa shape index (κ2) is 5.90. The van der Waals surface area contributed by atoms with E-state index < -0.39 is 0 Å². The minimum Gasteiger partial charge on any atom is -0.493 e. The molecule has 4 heteroatoms. The first-order chi connectivity index (χ1) is 7.27. The zero-order valence-corrected chi connectivity index (χ0v) is 8.86. The Bertz CT molecular complexity index is 322. The molecule has 0 aliphatic rings. The predicted octanol–water partition coefficient (Wildman–Crippen LogP) is 1.64. The van der Waals surface area contributed by atoms with E-state index in [-0.39, 0.29) is 19.0 Å². The van der Waals surface area contributed by atoms with E-state index in [9.17, 15) is 4.79 Å². The smallest absolute Gasteiger partial charge is 0.308 e. The van der Waals surface area contributed by atoms with Gasteiger partial charge in [-0.1, -0.05) is 12.1 Å². The molecule has 0 saturated heterocycles. The number of carbonyl (C=O) groups excluding carboxylic acids is 1. The Kier molecular flexibility index (Phi) is 4.47. The van der Waals surface area contributed by atoms with Crippen molar-refractivity contribution in [1.29, 1.82) is 0 Å². The van der Waals surface area contributed by atoms with E-state index >= 15 is 0 Å². The van der Waals surface area contributed by atoms with Crippen molar-refractivity contribution in [3.05, 3.63) is 24.3 Å². The highest BCUT2D eigenvalue weighted by Crippen LogP contribution is 2.25. The SMILES string of the molecule is COC(=O)CCOc1ccccc1OC. The Balaban J connectivity index is 2.46. The van der Waals surface area contributed by atoms with Crippen LogP contribution in [0.25, 0.3) is 0 Å². The molecule has 1 rings (SSSR count). The number of methoxy groups -OCH3 is 2. The second-order valence-electron chi connectivity index (χ2n) is 2.83. The quantitative estimate of drug-likeness (QED) is 0.693. The molecule has 15 heavy (non-hydrogen) atoms. The van der Waals surface area contributed by atoms with Crippen molar-refractivity contribution in [2.24, 2.45) is 0 Å². The van der Waals surface area contributed by atoms with Gasteiger partial charge in [0.25, 0.3) is 0 Å². The van der Waals surface area contributed by atoms with E-state index in [4.69, 9.17) is 9.47 Å². The average Bonchev–Trinajstić information content (AvgIpc) is 2.29. The van der Waals surface area contributed by atoms with Crippen LogP contribution in [0.1, 0.15) is 6.42 Å². The van der Waals surface area contributed by atoms with Gasteiger partial charge < -0.3 is 14.2 Å². The Morgan fingerprint density at radius 1 is 1.20 bits per heavy atom. The van der Waals surface area contributed by atoms with Gasteiger partial charge in [-0.15, -0.1) is 0 Å². The van der Waals surface area contributed by atoms with Crippen LogP contribution in [0, 0.1) is 0 Å². The molecule has 1 aromatic carbocycles. The Labute approximate surface area is 88.8 Å². The summed E-state index contributed by atoms with van der Waals surface area (Å²) in [6, 6.07) is 7.28. The summed E-state index contributed by atoms with van der Waals surface area (Å²) in [6.07, 6.45) is 0.231. The molecular weight excluding hydrogens is 196 g/mol. The maximum atomic E-state index is 10.8. The Morgan fingerprint density at radius 2 is 1.87 bits per heavy atom. The molecule has 0 bridgehead atoms. The van der Waals surface area contributed by atoms with Crippen molar-refractivity contribution in [2.75, 3.05) is 20.8 Å². The minimum atomic E-state index is -0.287. The van der Waals surface area contributed by atoms with E-state index in [2.05, 4.69) is 4.74 Å².